The number of pyridine rings is 4. The average molecular weight is 919 g/mol. The molecule has 8 rings (SSSR count). The molecule has 20 nitrogen and oxygen atoms in total. The fourth-order valence-corrected chi connectivity index (χ4v) is 8.05. The van der Waals surface area contributed by atoms with Crippen molar-refractivity contribution in [2.24, 2.45) is 0 Å². The maximum Gasteiger partial charge on any atom is 0.173 e. The van der Waals surface area contributed by atoms with Crippen molar-refractivity contribution in [1.82, 2.24) is 39.0 Å². The Hall–Kier alpha value is -6.52. The van der Waals surface area contributed by atoms with Crippen LogP contribution in [-0.4, -0.2) is 143 Å². The van der Waals surface area contributed by atoms with Gasteiger partial charge in [0.1, 0.15) is 60.7 Å². The topological polar surface area (TPSA) is 268 Å². The van der Waals surface area contributed by atoms with Crippen LogP contribution >= 0.6 is 0 Å². The van der Waals surface area contributed by atoms with Gasteiger partial charge in [-0.2, -0.15) is 10.5 Å². The number of nitrogens with one attached hydrogen (secondary N) is 1. The van der Waals surface area contributed by atoms with Gasteiger partial charge in [-0.3, -0.25) is 9.13 Å². The molecule has 6 heterocycles. The molecule has 6 aromatic rings. The number of aromatic nitrogens is 8. The van der Waals surface area contributed by atoms with Crippen LogP contribution in [0.4, 0.5) is 11.6 Å². The Balaban J connectivity index is 0.000000199. The number of ether oxygens (including phenoxy) is 4. The van der Waals surface area contributed by atoms with Gasteiger partial charge in [0.2, 0.25) is 0 Å². The molecule has 354 valence electrons. The Labute approximate surface area is 388 Å². The molecule has 2 aliphatic rings. The number of aliphatic hydroxyl groups excluding tert-OH is 2. The maximum absolute atomic E-state index is 10.4. The van der Waals surface area contributed by atoms with Crippen LogP contribution in [0, 0.1) is 22.7 Å². The van der Waals surface area contributed by atoms with Crippen LogP contribution in [0.5, 0.6) is 11.5 Å². The number of hydrogen-bond donors (Lipinski definition) is 5. The van der Waals surface area contributed by atoms with Gasteiger partial charge in [-0.15, -0.1) is 0 Å². The molecule has 0 saturated heterocycles. The second-order valence-corrected chi connectivity index (χ2v) is 17.2. The van der Waals surface area contributed by atoms with Gasteiger partial charge in [-0.25, -0.2) is 29.9 Å². The highest BCUT2D eigenvalue weighted by Gasteiger charge is 2.33. The standard InChI is InChI=1S/C24H30N6O4.C23H28N6O4/c1-24(32)7-5-18(6-8-24)29(2)23-20(34-12-11-33-10-9-31)13-19-22(28-23)30(16-27-19)21-4-3-17(14-25)15-26-21;1-23(31)6-4-17(5-7-23)27-21-19(33-11-10-32-9-8-30)12-18-22(28-21)29(15-26-18)20-3-2-16(13-24)14-25-20/h3-4,13,15-16,18,31-32H,5-12H2,1-2H3;2-3,12,14-15,17,30-31H,4-11H2,1H3,(H,27,28). The van der Waals surface area contributed by atoms with Gasteiger partial charge in [0.05, 0.1) is 62.0 Å². The predicted molar refractivity (Wildman–Crippen MR) is 247 cm³/mol. The van der Waals surface area contributed by atoms with E-state index in [-0.39, 0.29) is 38.5 Å². The zero-order valence-electron chi connectivity index (χ0n) is 38.1. The van der Waals surface area contributed by atoms with Crippen molar-refractivity contribution in [2.45, 2.75) is 88.5 Å². The fraction of sp³-hybridized carbons (Fsp3) is 0.489. The molecule has 0 bridgehead atoms. The molecule has 20 heteroatoms. The van der Waals surface area contributed by atoms with E-state index in [1.54, 1.807) is 46.1 Å². The second kappa shape index (κ2) is 22.3. The second-order valence-electron chi connectivity index (χ2n) is 17.2. The number of anilines is 2. The third-order valence-electron chi connectivity index (χ3n) is 12.0. The van der Waals surface area contributed by atoms with Crippen LogP contribution in [0.25, 0.3) is 34.0 Å². The van der Waals surface area contributed by atoms with Crippen LogP contribution in [0.1, 0.15) is 76.3 Å². The molecule has 0 spiro atoms. The molecule has 6 aromatic heterocycles. The van der Waals surface area contributed by atoms with Gasteiger partial charge in [0.15, 0.2) is 34.4 Å². The van der Waals surface area contributed by atoms with E-state index in [0.29, 0.717) is 107 Å². The zero-order valence-corrected chi connectivity index (χ0v) is 38.1. The summed E-state index contributed by atoms with van der Waals surface area (Å²) in [4.78, 5) is 29.5. The zero-order chi connectivity index (χ0) is 47.4. The summed E-state index contributed by atoms with van der Waals surface area (Å²) in [5.74, 6) is 3.64. The smallest absolute Gasteiger partial charge is 0.173 e. The first kappa shape index (κ1) is 48.4. The lowest BCUT2D eigenvalue weighted by atomic mass is 9.83. The molecule has 67 heavy (non-hydrogen) atoms. The molecule has 0 aromatic carbocycles. The third-order valence-corrected chi connectivity index (χ3v) is 12.0. The van der Waals surface area contributed by atoms with Gasteiger partial charge >= 0.3 is 0 Å². The first-order valence-electron chi connectivity index (χ1n) is 22.5. The van der Waals surface area contributed by atoms with E-state index in [9.17, 15) is 10.2 Å². The van der Waals surface area contributed by atoms with Crippen molar-refractivity contribution in [1.29, 1.82) is 10.5 Å². The molecule has 2 saturated carbocycles. The van der Waals surface area contributed by atoms with Crippen LogP contribution in [0.15, 0.2) is 61.4 Å². The van der Waals surface area contributed by atoms with Crippen LogP contribution in [0.2, 0.25) is 0 Å². The van der Waals surface area contributed by atoms with Gasteiger partial charge in [-0.1, -0.05) is 0 Å². The number of nitriles is 2. The molecular weight excluding hydrogens is 861 g/mol. The third kappa shape index (κ3) is 12.5. The number of rotatable bonds is 18. The number of nitrogens with zero attached hydrogens (tertiary/aromatic N) is 11. The van der Waals surface area contributed by atoms with E-state index in [4.69, 9.17) is 49.7 Å². The summed E-state index contributed by atoms with van der Waals surface area (Å²) in [6.07, 6.45) is 12.5. The van der Waals surface area contributed by atoms with Crippen LogP contribution in [-0.2, 0) is 9.47 Å². The number of aliphatic hydroxyl groups is 4. The fourth-order valence-electron chi connectivity index (χ4n) is 8.05. The SMILES string of the molecule is CC1(O)CCC(Nc2nc3c(cc2OCCOCCO)ncn3-c2ccc(C#N)cn2)CC1.CN(c1nc2c(cc1OCCOCCO)ncn2-c1ccc(C#N)cn1)C1CCC(C)(O)CC1. The minimum absolute atomic E-state index is 0.0340. The summed E-state index contributed by atoms with van der Waals surface area (Å²) >= 11 is 0. The van der Waals surface area contributed by atoms with E-state index in [0.717, 1.165) is 38.5 Å². The molecule has 5 N–H and O–H groups in total. The highest BCUT2D eigenvalue weighted by molar-refractivity contribution is 5.79. The van der Waals surface area contributed by atoms with Crippen molar-refractivity contribution in [3.63, 3.8) is 0 Å². The highest BCUT2D eigenvalue weighted by Crippen LogP contribution is 2.37. The number of hydrogen-bond acceptors (Lipinski definition) is 18. The largest absolute Gasteiger partial charge is 0.487 e. The van der Waals surface area contributed by atoms with Crippen molar-refractivity contribution < 1.29 is 39.4 Å². The molecule has 2 fully saturated rings. The highest BCUT2D eigenvalue weighted by atomic mass is 16.5. The minimum atomic E-state index is -0.627. The summed E-state index contributed by atoms with van der Waals surface area (Å²) in [6.45, 7) is 5.51. The van der Waals surface area contributed by atoms with Crippen LogP contribution in [0.3, 0.4) is 0 Å². The van der Waals surface area contributed by atoms with Crippen LogP contribution < -0.4 is 19.7 Å². The van der Waals surface area contributed by atoms with E-state index >= 15 is 0 Å². The van der Waals surface area contributed by atoms with E-state index < -0.39 is 11.2 Å². The Morgan fingerprint density at radius 2 is 1.18 bits per heavy atom. The Bertz CT molecular complexity index is 2620. The van der Waals surface area contributed by atoms with Gasteiger partial charge in [-0.05, 0) is 89.5 Å². The molecular formula is C47H58N12O8. The molecule has 0 aliphatic heterocycles. The summed E-state index contributed by atoms with van der Waals surface area (Å²) in [7, 11) is 1.99. The molecule has 0 atom stereocenters. The summed E-state index contributed by atoms with van der Waals surface area (Å²) in [5.41, 5.74) is 2.24. The minimum Gasteiger partial charge on any atom is -0.487 e. The summed E-state index contributed by atoms with van der Waals surface area (Å²) < 4.78 is 26.1. The van der Waals surface area contributed by atoms with Gasteiger partial charge in [0.25, 0.3) is 0 Å². The van der Waals surface area contributed by atoms with E-state index in [2.05, 4.69) is 42.3 Å². The Morgan fingerprint density at radius 3 is 1.67 bits per heavy atom. The molecule has 0 amide bonds. The van der Waals surface area contributed by atoms with E-state index in [1.807, 2.05) is 33.0 Å². The predicted octanol–water partition coefficient (Wildman–Crippen LogP) is 4.39. The van der Waals surface area contributed by atoms with Gasteiger partial charge < -0.3 is 49.6 Å². The Morgan fingerprint density at radius 1 is 0.687 bits per heavy atom. The number of imidazole rings is 2. The Kier molecular flexibility index (Phi) is 16.1. The normalized spacial score (nSPS) is 20.4. The average Bonchev–Trinajstić information content (AvgIpc) is 3.95. The lowest BCUT2D eigenvalue weighted by Gasteiger charge is -2.38. The lowest BCUT2D eigenvalue weighted by Crippen LogP contribution is -2.41. The quantitative estimate of drug-likeness (QED) is 0.0749. The van der Waals surface area contributed by atoms with E-state index in [1.165, 1.54) is 12.4 Å². The molecule has 0 radical (unpaired) electrons. The molecule has 2 aliphatic carbocycles. The van der Waals surface area contributed by atoms with Crippen molar-refractivity contribution in [3.05, 3.63) is 72.6 Å². The molecule has 0 unspecified atom stereocenters. The van der Waals surface area contributed by atoms with Gasteiger partial charge in [0, 0.05) is 43.7 Å². The monoisotopic (exact) mass is 918 g/mol. The van der Waals surface area contributed by atoms with Crippen molar-refractivity contribution in [3.8, 4) is 35.3 Å². The maximum atomic E-state index is 10.4. The van der Waals surface area contributed by atoms with Crippen molar-refractivity contribution >= 4 is 34.0 Å². The first-order valence-corrected chi connectivity index (χ1v) is 22.5. The van der Waals surface area contributed by atoms with Crippen molar-refractivity contribution in [2.75, 3.05) is 70.1 Å². The summed E-state index contributed by atoms with van der Waals surface area (Å²) in [6, 6.07) is 15.1. The summed E-state index contributed by atoms with van der Waals surface area (Å²) in [5, 5.41) is 60.0. The lowest BCUT2D eigenvalue weighted by molar-refractivity contribution is 0.0173. The number of fused-ring (bicyclic) bond motifs is 2. The first-order chi connectivity index (χ1) is 32.4.